The second-order valence-corrected chi connectivity index (χ2v) is 9.07. The van der Waals surface area contributed by atoms with Crippen LogP contribution in [0, 0.1) is 0 Å². The van der Waals surface area contributed by atoms with Crippen LogP contribution in [0.3, 0.4) is 0 Å². The van der Waals surface area contributed by atoms with Crippen LogP contribution in [0.15, 0.2) is 48.5 Å². The molecule has 0 aliphatic carbocycles. The number of alkyl carbamates (subject to hydrolysis) is 1. The maximum absolute atomic E-state index is 13.1. The molecule has 0 spiro atoms. The molecule has 10 heteroatoms. The van der Waals surface area contributed by atoms with Crippen molar-refractivity contribution in [3.05, 3.63) is 70.8 Å². The maximum atomic E-state index is 13.1. The van der Waals surface area contributed by atoms with Gasteiger partial charge in [-0.2, -0.15) is 26.3 Å². The minimum atomic E-state index is -4.92. The number of nitrogens with one attached hydrogen (secondary N) is 1. The van der Waals surface area contributed by atoms with Gasteiger partial charge in [0.05, 0.1) is 11.1 Å². The molecule has 0 atom stereocenters. The van der Waals surface area contributed by atoms with Crippen molar-refractivity contribution in [3.63, 3.8) is 0 Å². The summed E-state index contributed by atoms with van der Waals surface area (Å²) in [4.78, 5) is 11.6. The summed E-state index contributed by atoms with van der Waals surface area (Å²) in [6.45, 7) is 5.32. The van der Waals surface area contributed by atoms with Gasteiger partial charge in [0.2, 0.25) is 0 Å². The summed E-state index contributed by atoms with van der Waals surface area (Å²) in [5, 5.41) is 2.67. The minimum absolute atomic E-state index is 0.0865. The molecule has 1 amide bonds. The average Bonchev–Trinajstić information content (AvgIpc) is 2.75. The van der Waals surface area contributed by atoms with Crippen molar-refractivity contribution in [2.75, 3.05) is 6.54 Å². The fourth-order valence-corrected chi connectivity index (χ4v) is 3.12. The average molecular weight is 518 g/mol. The molecule has 0 heterocycles. The fourth-order valence-electron chi connectivity index (χ4n) is 3.12. The first kappa shape index (κ1) is 29.1. The summed E-state index contributed by atoms with van der Waals surface area (Å²) in [7, 11) is 0. The first-order chi connectivity index (χ1) is 16.6. The lowest BCUT2D eigenvalue weighted by atomic mass is 10.1. The highest BCUT2D eigenvalue weighted by Gasteiger charge is 2.36. The Balaban J connectivity index is 1.95. The van der Waals surface area contributed by atoms with E-state index >= 15 is 0 Å². The molecule has 0 aromatic heterocycles. The van der Waals surface area contributed by atoms with Gasteiger partial charge in [0.25, 0.3) is 0 Å². The summed E-state index contributed by atoms with van der Waals surface area (Å²) in [6, 6.07) is 8.10. The van der Waals surface area contributed by atoms with Crippen molar-refractivity contribution < 1.29 is 40.6 Å². The van der Waals surface area contributed by atoms with Crippen LogP contribution in [0.2, 0.25) is 0 Å². The van der Waals surface area contributed by atoms with Gasteiger partial charge in [-0.1, -0.05) is 30.4 Å². The van der Waals surface area contributed by atoms with E-state index in [-0.39, 0.29) is 11.6 Å². The smallest absolute Gasteiger partial charge is 0.416 e. The summed E-state index contributed by atoms with van der Waals surface area (Å²) in [6.07, 6.45) is -4.48. The van der Waals surface area contributed by atoms with E-state index in [0.29, 0.717) is 36.4 Å². The number of halogens is 6. The molecule has 0 saturated carbocycles. The standard InChI is InChI=1S/C26H29F6NO3/c1-24(2,3)36-23(34)33-13-9-5-4-6-10-19-11-7-8-12-22(19)35-17-18-14-20(25(27,28)29)16-21(15-18)26(30,31)32/h6-8,10-12,14-16H,4-5,9,13,17H2,1-3H3,(H,33,34). The van der Waals surface area contributed by atoms with E-state index in [1.54, 1.807) is 51.1 Å². The Morgan fingerprint density at radius 3 is 2.11 bits per heavy atom. The van der Waals surface area contributed by atoms with E-state index in [0.717, 1.165) is 12.8 Å². The summed E-state index contributed by atoms with van der Waals surface area (Å²) >= 11 is 0. The van der Waals surface area contributed by atoms with Gasteiger partial charge in [-0.25, -0.2) is 4.79 Å². The van der Waals surface area contributed by atoms with Crippen molar-refractivity contribution in [1.29, 1.82) is 0 Å². The summed E-state index contributed by atoms with van der Waals surface area (Å²) < 4.78 is 89.2. The number of rotatable bonds is 9. The topological polar surface area (TPSA) is 47.6 Å². The quantitative estimate of drug-likeness (QED) is 0.271. The minimum Gasteiger partial charge on any atom is -0.488 e. The van der Waals surface area contributed by atoms with Crippen LogP contribution in [-0.2, 0) is 23.7 Å². The Morgan fingerprint density at radius 1 is 0.917 bits per heavy atom. The molecule has 0 saturated heterocycles. The molecule has 36 heavy (non-hydrogen) atoms. The third kappa shape index (κ3) is 10.2. The molecular formula is C26H29F6NO3. The molecule has 198 valence electrons. The zero-order valence-corrected chi connectivity index (χ0v) is 20.2. The second kappa shape index (κ2) is 12.2. The second-order valence-electron chi connectivity index (χ2n) is 9.07. The van der Waals surface area contributed by atoms with Crippen LogP contribution in [0.25, 0.3) is 6.08 Å². The van der Waals surface area contributed by atoms with Crippen molar-refractivity contribution >= 4 is 12.2 Å². The lowest BCUT2D eigenvalue weighted by Gasteiger charge is -2.19. The molecule has 1 N–H and O–H groups in total. The van der Waals surface area contributed by atoms with E-state index in [1.807, 2.05) is 6.08 Å². The monoisotopic (exact) mass is 517 g/mol. The number of allylic oxidation sites excluding steroid dienone is 1. The van der Waals surface area contributed by atoms with Crippen molar-refractivity contribution in [2.45, 2.75) is 64.6 Å². The predicted octanol–water partition coefficient (Wildman–Crippen LogP) is 8.01. The zero-order chi connectivity index (χ0) is 27.0. The van der Waals surface area contributed by atoms with Crippen LogP contribution in [0.4, 0.5) is 31.1 Å². The van der Waals surface area contributed by atoms with Gasteiger partial charge in [0.1, 0.15) is 18.0 Å². The molecular weight excluding hydrogens is 488 g/mol. The van der Waals surface area contributed by atoms with Crippen LogP contribution in [-0.4, -0.2) is 18.2 Å². The van der Waals surface area contributed by atoms with Gasteiger partial charge in [0.15, 0.2) is 0 Å². The van der Waals surface area contributed by atoms with Gasteiger partial charge in [-0.3, -0.25) is 0 Å². The number of hydrogen-bond acceptors (Lipinski definition) is 3. The Labute approximate surface area is 206 Å². The fraction of sp³-hybridized carbons (Fsp3) is 0.423. The van der Waals surface area contributed by atoms with Gasteiger partial charge in [-0.05, 0) is 69.9 Å². The van der Waals surface area contributed by atoms with E-state index in [1.165, 1.54) is 0 Å². The molecule has 0 bridgehead atoms. The molecule has 2 aromatic carbocycles. The SMILES string of the molecule is CC(C)(C)OC(=O)NCCCCC=Cc1ccccc1OCc1cc(C(F)(F)F)cc(C(F)(F)F)c1. The molecule has 2 rings (SSSR count). The van der Waals surface area contributed by atoms with E-state index in [9.17, 15) is 31.1 Å². The number of hydrogen-bond donors (Lipinski definition) is 1. The van der Waals surface area contributed by atoms with Crippen molar-refractivity contribution in [3.8, 4) is 5.75 Å². The van der Waals surface area contributed by atoms with Crippen LogP contribution in [0.5, 0.6) is 5.75 Å². The Hall–Kier alpha value is -3.17. The van der Waals surface area contributed by atoms with E-state index < -0.39 is 41.8 Å². The summed E-state index contributed by atoms with van der Waals surface area (Å²) in [5.41, 5.74) is -2.94. The number of alkyl halides is 6. The first-order valence-corrected chi connectivity index (χ1v) is 11.3. The highest BCUT2D eigenvalue weighted by atomic mass is 19.4. The molecule has 2 aromatic rings. The van der Waals surface area contributed by atoms with E-state index in [2.05, 4.69) is 5.32 Å². The zero-order valence-electron chi connectivity index (χ0n) is 20.2. The van der Waals surface area contributed by atoms with E-state index in [4.69, 9.17) is 9.47 Å². The number of unbranched alkanes of at least 4 members (excludes halogenated alkanes) is 2. The normalized spacial score (nSPS) is 12.6. The van der Waals surface area contributed by atoms with Gasteiger partial charge < -0.3 is 14.8 Å². The highest BCUT2D eigenvalue weighted by molar-refractivity contribution is 5.67. The third-order valence-electron chi connectivity index (χ3n) is 4.72. The molecule has 0 radical (unpaired) electrons. The molecule has 0 aliphatic heterocycles. The van der Waals surface area contributed by atoms with Crippen molar-refractivity contribution in [2.24, 2.45) is 0 Å². The number of carbonyl (C=O) groups excluding carboxylic acids is 1. The number of para-hydroxylation sites is 1. The largest absolute Gasteiger partial charge is 0.488 e. The third-order valence-corrected chi connectivity index (χ3v) is 4.72. The Bertz CT molecular complexity index is 1010. The van der Waals surface area contributed by atoms with Gasteiger partial charge >= 0.3 is 18.4 Å². The Morgan fingerprint density at radius 2 is 1.53 bits per heavy atom. The van der Waals surface area contributed by atoms with Crippen LogP contribution >= 0.6 is 0 Å². The highest BCUT2D eigenvalue weighted by Crippen LogP contribution is 2.36. The lowest BCUT2D eigenvalue weighted by Crippen LogP contribution is -2.32. The van der Waals surface area contributed by atoms with Crippen molar-refractivity contribution in [1.82, 2.24) is 5.32 Å². The summed E-state index contributed by atoms with van der Waals surface area (Å²) in [5.74, 6) is 0.325. The maximum Gasteiger partial charge on any atom is 0.416 e. The van der Waals surface area contributed by atoms with Gasteiger partial charge in [0, 0.05) is 12.1 Å². The number of ether oxygens (including phenoxy) is 2. The number of benzene rings is 2. The van der Waals surface area contributed by atoms with Gasteiger partial charge in [-0.15, -0.1) is 0 Å². The number of carbonyl (C=O) groups is 1. The lowest BCUT2D eigenvalue weighted by molar-refractivity contribution is -0.143. The van der Waals surface area contributed by atoms with Crippen LogP contribution < -0.4 is 10.1 Å². The molecule has 4 nitrogen and oxygen atoms in total. The molecule has 0 aliphatic rings. The number of amides is 1. The Kier molecular flexibility index (Phi) is 9.84. The molecule has 0 fully saturated rings. The first-order valence-electron chi connectivity index (χ1n) is 11.3. The predicted molar refractivity (Wildman–Crippen MR) is 124 cm³/mol. The molecule has 0 unspecified atom stereocenters. The van der Waals surface area contributed by atoms with Crippen LogP contribution in [0.1, 0.15) is 62.3 Å².